The molecule has 0 amide bonds. The molecule has 2 rings (SSSR count). The zero-order valence-electron chi connectivity index (χ0n) is 11.7. The summed E-state index contributed by atoms with van der Waals surface area (Å²) in [6.07, 6.45) is 0. The van der Waals surface area contributed by atoms with Crippen molar-refractivity contribution in [1.82, 2.24) is 10.5 Å². The van der Waals surface area contributed by atoms with Gasteiger partial charge in [-0.05, 0) is 44.9 Å². The van der Waals surface area contributed by atoms with Gasteiger partial charge in [-0.25, -0.2) is 4.39 Å². The minimum absolute atomic E-state index is 0.0730. The third kappa shape index (κ3) is 3.01. The van der Waals surface area contributed by atoms with E-state index in [2.05, 4.69) is 10.5 Å². The summed E-state index contributed by atoms with van der Waals surface area (Å²) in [4.78, 5) is 0. The molecule has 19 heavy (non-hydrogen) atoms. The lowest BCUT2D eigenvalue weighted by atomic mass is 10.1. The first kappa shape index (κ1) is 13.7. The normalized spacial score (nSPS) is 12.7. The highest BCUT2D eigenvalue weighted by Gasteiger charge is 2.12. The van der Waals surface area contributed by atoms with Gasteiger partial charge in [0.1, 0.15) is 11.6 Å². The third-order valence-electron chi connectivity index (χ3n) is 3.46. The minimum atomic E-state index is -0.163. The van der Waals surface area contributed by atoms with E-state index in [0.717, 1.165) is 22.6 Å². The minimum Gasteiger partial charge on any atom is -0.361 e. The Labute approximate surface area is 112 Å². The summed E-state index contributed by atoms with van der Waals surface area (Å²) in [6.45, 7) is 8.26. The summed E-state index contributed by atoms with van der Waals surface area (Å²) in [6, 6.07) is 5.41. The van der Waals surface area contributed by atoms with Crippen LogP contribution in [0.2, 0.25) is 0 Å². The monoisotopic (exact) mass is 262 g/mol. The lowest BCUT2D eigenvalue weighted by Gasteiger charge is -2.14. The number of benzene rings is 1. The zero-order valence-corrected chi connectivity index (χ0v) is 11.7. The van der Waals surface area contributed by atoms with Gasteiger partial charge in [-0.1, -0.05) is 17.3 Å². The van der Waals surface area contributed by atoms with Crippen molar-refractivity contribution in [2.75, 3.05) is 0 Å². The topological polar surface area (TPSA) is 38.1 Å². The molecule has 0 aliphatic rings. The Morgan fingerprint density at radius 3 is 2.63 bits per heavy atom. The first-order valence-corrected chi connectivity index (χ1v) is 6.40. The quantitative estimate of drug-likeness (QED) is 0.915. The van der Waals surface area contributed by atoms with Crippen LogP contribution < -0.4 is 5.32 Å². The van der Waals surface area contributed by atoms with Crippen LogP contribution in [0.3, 0.4) is 0 Å². The molecule has 1 heterocycles. The largest absolute Gasteiger partial charge is 0.361 e. The van der Waals surface area contributed by atoms with Gasteiger partial charge in [-0.2, -0.15) is 0 Å². The smallest absolute Gasteiger partial charge is 0.138 e. The highest BCUT2D eigenvalue weighted by molar-refractivity contribution is 5.26. The van der Waals surface area contributed by atoms with Crippen LogP contribution in [0.1, 0.15) is 41.1 Å². The van der Waals surface area contributed by atoms with Crippen molar-refractivity contribution < 1.29 is 8.91 Å². The van der Waals surface area contributed by atoms with E-state index < -0.39 is 0 Å². The van der Waals surface area contributed by atoms with Crippen LogP contribution in [-0.4, -0.2) is 5.16 Å². The predicted molar refractivity (Wildman–Crippen MR) is 72.4 cm³/mol. The summed E-state index contributed by atoms with van der Waals surface area (Å²) in [5.74, 6) is 0.663. The molecule has 1 unspecified atom stereocenters. The van der Waals surface area contributed by atoms with Crippen LogP contribution in [-0.2, 0) is 6.54 Å². The van der Waals surface area contributed by atoms with Crippen molar-refractivity contribution in [2.45, 2.75) is 40.3 Å². The Morgan fingerprint density at radius 2 is 2.05 bits per heavy atom. The molecule has 2 aromatic rings. The van der Waals surface area contributed by atoms with Gasteiger partial charge in [0.05, 0.1) is 5.69 Å². The molecular weight excluding hydrogens is 243 g/mol. The number of hydrogen-bond donors (Lipinski definition) is 1. The van der Waals surface area contributed by atoms with Gasteiger partial charge in [0, 0.05) is 18.2 Å². The van der Waals surface area contributed by atoms with Crippen LogP contribution >= 0.6 is 0 Å². The number of halogens is 1. The Bertz CT molecular complexity index is 558. The first-order chi connectivity index (χ1) is 8.99. The molecule has 0 saturated carbocycles. The van der Waals surface area contributed by atoms with Crippen LogP contribution in [0.4, 0.5) is 4.39 Å². The highest BCUT2D eigenvalue weighted by atomic mass is 19.1. The highest BCUT2D eigenvalue weighted by Crippen LogP contribution is 2.18. The van der Waals surface area contributed by atoms with Gasteiger partial charge in [0.2, 0.25) is 0 Å². The maximum Gasteiger partial charge on any atom is 0.138 e. The Hall–Kier alpha value is -1.68. The van der Waals surface area contributed by atoms with Gasteiger partial charge in [-0.15, -0.1) is 0 Å². The molecule has 3 nitrogen and oxygen atoms in total. The second kappa shape index (κ2) is 5.53. The molecule has 1 aromatic carbocycles. The predicted octanol–water partition coefficient (Wildman–Crippen LogP) is 3.59. The number of aryl methyl sites for hydroxylation is 3. The van der Waals surface area contributed by atoms with E-state index in [1.54, 1.807) is 19.1 Å². The van der Waals surface area contributed by atoms with Gasteiger partial charge in [0.25, 0.3) is 0 Å². The van der Waals surface area contributed by atoms with E-state index in [1.165, 1.54) is 0 Å². The van der Waals surface area contributed by atoms with Crippen molar-refractivity contribution in [2.24, 2.45) is 0 Å². The van der Waals surface area contributed by atoms with Crippen molar-refractivity contribution in [3.63, 3.8) is 0 Å². The lowest BCUT2D eigenvalue weighted by Crippen LogP contribution is -2.19. The second-order valence-electron chi connectivity index (χ2n) is 4.91. The fourth-order valence-corrected chi connectivity index (χ4v) is 2.01. The standard InChI is InChI=1S/C15H19FN2O/c1-9-5-6-13(7-15(9)16)10(2)17-8-14-11(3)18-19-12(14)4/h5-7,10,17H,8H2,1-4H3. The number of nitrogens with zero attached hydrogens (tertiary/aromatic N) is 1. The number of nitrogens with one attached hydrogen (secondary N) is 1. The maximum atomic E-state index is 13.5. The molecule has 4 heteroatoms. The van der Waals surface area contributed by atoms with Crippen molar-refractivity contribution in [1.29, 1.82) is 0 Å². The summed E-state index contributed by atoms with van der Waals surface area (Å²) in [7, 11) is 0. The van der Waals surface area contributed by atoms with E-state index in [4.69, 9.17) is 4.52 Å². The molecular formula is C15H19FN2O. The van der Waals surface area contributed by atoms with Crippen LogP contribution in [0, 0.1) is 26.6 Å². The number of aromatic nitrogens is 1. The fourth-order valence-electron chi connectivity index (χ4n) is 2.01. The van der Waals surface area contributed by atoms with Gasteiger partial charge < -0.3 is 9.84 Å². The van der Waals surface area contributed by atoms with E-state index in [0.29, 0.717) is 12.1 Å². The van der Waals surface area contributed by atoms with Crippen molar-refractivity contribution >= 4 is 0 Å². The second-order valence-corrected chi connectivity index (χ2v) is 4.91. The molecule has 0 aliphatic carbocycles. The molecule has 0 saturated heterocycles. The van der Waals surface area contributed by atoms with Crippen molar-refractivity contribution in [3.8, 4) is 0 Å². The van der Waals surface area contributed by atoms with E-state index in [9.17, 15) is 4.39 Å². The van der Waals surface area contributed by atoms with E-state index in [-0.39, 0.29) is 11.9 Å². The summed E-state index contributed by atoms with van der Waals surface area (Å²) in [5.41, 5.74) is 3.57. The number of rotatable bonds is 4. The average Bonchev–Trinajstić information content (AvgIpc) is 2.69. The first-order valence-electron chi connectivity index (χ1n) is 6.40. The Balaban J connectivity index is 2.05. The van der Waals surface area contributed by atoms with E-state index in [1.807, 2.05) is 26.8 Å². The van der Waals surface area contributed by atoms with Crippen LogP contribution in [0.15, 0.2) is 22.7 Å². The van der Waals surface area contributed by atoms with Gasteiger partial charge in [-0.3, -0.25) is 0 Å². The zero-order chi connectivity index (χ0) is 14.0. The maximum absolute atomic E-state index is 13.5. The summed E-state index contributed by atoms with van der Waals surface area (Å²) >= 11 is 0. The van der Waals surface area contributed by atoms with Gasteiger partial charge >= 0.3 is 0 Å². The molecule has 0 bridgehead atoms. The molecule has 1 atom stereocenters. The molecule has 102 valence electrons. The summed E-state index contributed by atoms with van der Waals surface area (Å²) in [5, 5.41) is 7.28. The molecule has 1 N–H and O–H groups in total. The third-order valence-corrected chi connectivity index (χ3v) is 3.46. The molecule has 1 aromatic heterocycles. The average molecular weight is 262 g/mol. The van der Waals surface area contributed by atoms with Crippen molar-refractivity contribution in [3.05, 3.63) is 52.2 Å². The SMILES string of the molecule is Cc1ccc(C(C)NCc2c(C)noc2C)cc1F. The van der Waals surface area contributed by atoms with Crippen LogP contribution in [0.5, 0.6) is 0 Å². The Morgan fingerprint density at radius 1 is 1.32 bits per heavy atom. The molecule has 0 spiro atoms. The lowest BCUT2D eigenvalue weighted by molar-refractivity contribution is 0.391. The van der Waals surface area contributed by atoms with E-state index >= 15 is 0 Å². The molecule has 0 fully saturated rings. The summed E-state index contributed by atoms with van der Waals surface area (Å²) < 4.78 is 18.6. The number of hydrogen-bond acceptors (Lipinski definition) is 3. The van der Waals surface area contributed by atoms with Crippen LogP contribution in [0.25, 0.3) is 0 Å². The molecule has 0 radical (unpaired) electrons. The van der Waals surface area contributed by atoms with Gasteiger partial charge in [0.15, 0.2) is 0 Å². The fraction of sp³-hybridized carbons (Fsp3) is 0.400. The molecule has 0 aliphatic heterocycles. The Kier molecular flexibility index (Phi) is 4.00.